The molecule has 0 unspecified atom stereocenters. The zero-order chi connectivity index (χ0) is 16.6. The van der Waals surface area contributed by atoms with E-state index in [1.807, 2.05) is 0 Å². The average Bonchev–Trinajstić information content (AvgIpc) is 2.56. The molecule has 0 bridgehead atoms. The second-order valence-corrected chi connectivity index (χ2v) is 8.34. The fourth-order valence-corrected chi connectivity index (χ4v) is 4.10. The van der Waals surface area contributed by atoms with Crippen LogP contribution in [0.1, 0.15) is 116 Å². The van der Waals surface area contributed by atoms with Gasteiger partial charge < -0.3 is 4.90 Å². The van der Waals surface area contributed by atoms with Gasteiger partial charge in [0.1, 0.15) is 0 Å². The average molecular weight is 324 g/mol. The maximum absolute atomic E-state index is 2.30. The van der Waals surface area contributed by atoms with Crippen molar-refractivity contribution in [3.8, 4) is 0 Å². The molecule has 0 radical (unpaired) electrons. The molecule has 0 aromatic carbocycles. The van der Waals surface area contributed by atoms with Gasteiger partial charge in [-0.2, -0.15) is 0 Å². The molecule has 138 valence electrons. The maximum atomic E-state index is 2.30. The largest absolute Gasteiger partial charge is 0.309 e. The Hall–Kier alpha value is -0.0400. The van der Waals surface area contributed by atoms with E-state index >= 15 is 0 Å². The Morgan fingerprint density at radius 3 is 1.48 bits per heavy atom. The Bertz CT molecular complexity index is 230. The predicted octanol–water partition coefficient (Wildman–Crippen LogP) is 7.20. The fourth-order valence-electron chi connectivity index (χ4n) is 4.10. The van der Waals surface area contributed by atoms with Gasteiger partial charge in [-0.05, 0) is 33.0 Å². The smallest absolute Gasteiger partial charge is 0.00248 e. The van der Waals surface area contributed by atoms with Crippen LogP contribution in [-0.2, 0) is 0 Å². The second-order valence-electron chi connectivity index (χ2n) is 8.34. The van der Waals surface area contributed by atoms with Gasteiger partial charge in [0.25, 0.3) is 0 Å². The van der Waals surface area contributed by atoms with Crippen molar-refractivity contribution in [1.29, 1.82) is 0 Å². The van der Waals surface area contributed by atoms with E-state index < -0.39 is 0 Å². The molecule has 1 nitrogen and oxygen atoms in total. The number of hydrogen-bond donors (Lipinski definition) is 0. The molecule has 0 atom stereocenters. The fraction of sp³-hybridized carbons (Fsp3) is 1.00. The van der Waals surface area contributed by atoms with Crippen LogP contribution >= 0.6 is 0 Å². The van der Waals surface area contributed by atoms with Crippen LogP contribution in [0.4, 0.5) is 0 Å². The lowest BCUT2D eigenvalue weighted by molar-refractivity contribution is 0.328. The summed E-state index contributed by atoms with van der Waals surface area (Å²) in [6.07, 6.45) is 26.8. The van der Waals surface area contributed by atoms with Crippen molar-refractivity contribution < 1.29 is 0 Å². The van der Waals surface area contributed by atoms with Crippen LogP contribution in [0.25, 0.3) is 0 Å². The molecule has 1 saturated carbocycles. The molecule has 1 rings (SSSR count). The van der Waals surface area contributed by atoms with Crippen molar-refractivity contribution in [2.45, 2.75) is 116 Å². The van der Waals surface area contributed by atoms with Crippen molar-refractivity contribution >= 4 is 0 Å². The molecule has 23 heavy (non-hydrogen) atoms. The lowest BCUT2D eigenvalue weighted by Crippen LogP contribution is -2.12. The van der Waals surface area contributed by atoms with Crippen LogP contribution in [0, 0.1) is 5.92 Å². The molecule has 0 N–H and O–H groups in total. The summed E-state index contributed by atoms with van der Waals surface area (Å²) in [6, 6.07) is 0. The summed E-state index contributed by atoms with van der Waals surface area (Å²) < 4.78 is 0. The van der Waals surface area contributed by atoms with Crippen molar-refractivity contribution in [2.75, 3.05) is 20.6 Å². The Morgan fingerprint density at radius 2 is 1.00 bits per heavy atom. The van der Waals surface area contributed by atoms with Gasteiger partial charge in [0.2, 0.25) is 0 Å². The third-order valence-corrected chi connectivity index (χ3v) is 5.69. The van der Waals surface area contributed by atoms with Gasteiger partial charge in [-0.1, -0.05) is 109 Å². The molecule has 1 aliphatic carbocycles. The Kier molecular flexibility index (Phi) is 14.1. The summed E-state index contributed by atoms with van der Waals surface area (Å²) >= 11 is 0. The van der Waals surface area contributed by atoms with Crippen LogP contribution in [0.5, 0.6) is 0 Å². The highest BCUT2D eigenvalue weighted by Gasteiger charge is 2.12. The minimum atomic E-state index is 1.10. The van der Waals surface area contributed by atoms with Crippen molar-refractivity contribution in [2.24, 2.45) is 5.92 Å². The van der Waals surface area contributed by atoms with Gasteiger partial charge in [0.05, 0.1) is 0 Å². The highest BCUT2D eigenvalue weighted by Crippen LogP contribution is 2.28. The summed E-state index contributed by atoms with van der Waals surface area (Å²) in [6.45, 7) is 1.26. The quantitative estimate of drug-likeness (QED) is 0.288. The molecular weight excluding hydrogens is 278 g/mol. The number of unbranched alkanes of at least 4 members (excludes halogenated alkanes) is 11. The van der Waals surface area contributed by atoms with Gasteiger partial charge in [0.15, 0.2) is 0 Å². The van der Waals surface area contributed by atoms with Crippen LogP contribution in [-0.4, -0.2) is 25.5 Å². The summed E-state index contributed by atoms with van der Waals surface area (Å²) in [5, 5.41) is 0. The topological polar surface area (TPSA) is 3.24 Å². The second kappa shape index (κ2) is 15.5. The van der Waals surface area contributed by atoms with Crippen molar-refractivity contribution in [3.63, 3.8) is 0 Å². The molecule has 1 fully saturated rings. The van der Waals surface area contributed by atoms with E-state index in [1.54, 1.807) is 0 Å². The van der Waals surface area contributed by atoms with E-state index in [9.17, 15) is 0 Å². The minimum Gasteiger partial charge on any atom is -0.309 e. The first kappa shape index (κ1) is 21.0. The first-order valence-electron chi connectivity index (χ1n) is 10.9. The lowest BCUT2D eigenvalue weighted by Gasteiger charge is -2.21. The molecule has 1 heteroatoms. The standard InChI is InChI=1S/C22H45N/c1-23(2)21-17-12-10-8-6-4-3-5-7-9-11-14-18-22-19-15-13-16-20-22/h22H,3-21H2,1-2H3. The summed E-state index contributed by atoms with van der Waals surface area (Å²) in [4.78, 5) is 2.30. The lowest BCUT2D eigenvalue weighted by atomic mass is 9.85. The van der Waals surface area contributed by atoms with Gasteiger partial charge in [0, 0.05) is 0 Å². The minimum absolute atomic E-state index is 1.10. The Morgan fingerprint density at radius 1 is 0.565 bits per heavy atom. The van der Waals surface area contributed by atoms with E-state index in [-0.39, 0.29) is 0 Å². The first-order chi connectivity index (χ1) is 11.3. The van der Waals surface area contributed by atoms with E-state index in [0.29, 0.717) is 0 Å². The summed E-state index contributed by atoms with van der Waals surface area (Å²) in [5.41, 5.74) is 0. The monoisotopic (exact) mass is 323 g/mol. The normalized spacial score (nSPS) is 16.3. The molecule has 0 heterocycles. The molecule has 0 aromatic rings. The maximum Gasteiger partial charge on any atom is -0.00248 e. The van der Waals surface area contributed by atoms with Crippen LogP contribution in [0.2, 0.25) is 0 Å². The number of rotatable bonds is 15. The molecular formula is C22H45N. The summed E-state index contributed by atoms with van der Waals surface area (Å²) in [5.74, 6) is 1.10. The van der Waals surface area contributed by atoms with Crippen LogP contribution < -0.4 is 0 Å². The van der Waals surface area contributed by atoms with E-state index in [4.69, 9.17) is 0 Å². The SMILES string of the molecule is CN(C)CCCCCCCCCCCCCCC1CCCCC1. The zero-order valence-corrected chi connectivity index (χ0v) is 16.5. The van der Waals surface area contributed by atoms with E-state index in [1.165, 1.54) is 122 Å². The molecule has 0 aromatic heterocycles. The van der Waals surface area contributed by atoms with Crippen molar-refractivity contribution in [3.05, 3.63) is 0 Å². The third kappa shape index (κ3) is 14.0. The van der Waals surface area contributed by atoms with Gasteiger partial charge in [-0.15, -0.1) is 0 Å². The third-order valence-electron chi connectivity index (χ3n) is 5.69. The van der Waals surface area contributed by atoms with E-state index in [0.717, 1.165) is 5.92 Å². The van der Waals surface area contributed by atoms with Gasteiger partial charge in [-0.3, -0.25) is 0 Å². The van der Waals surface area contributed by atoms with Crippen molar-refractivity contribution in [1.82, 2.24) is 4.90 Å². The molecule has 0 spiro atoms. The highest BCUT2D eigenvalue weighted by atomic mass is 15.0. The Balaban J connectivity index is 1.68. The highest BCUT2D eigenvalue weighted by molar-refractivity contribution is 4.65. The number of hydrogen-bond acceptors (Lipinski definition) is 1. The summed E-state index contributed by atoms with van der Waals surface area (Å²) in [7, 11) is 4.35. The van der Waals surface area contributed by atoms with Gasteiger partial charge >= 0.3 is 0 Å². The first-order valence-corrected chi connectivity index (χ1v) is 10.9. The molecule has 0 saturated heterocycles. The molecule has 0 amide bonds. The molecule has 1 aliphatic rings. The van der Waals surface area contributed by atoms with Crippen LogP contribution in [0.15, 0.2) is 0 Å². The molecule has 0 aliphatic heterocycles. The van der Waals surface area contributed by atoms with E-state index in [2.05, 4.69) is 19.0 Å². The van der Waals surface area contributed by atoms with Gasteiger partial charge in [-0.25, -0.2) is 0 Å². The van der Waals surface area contributed by atoms with Crippen LogP contribution in [0.3, 0.4) is 0 Å². The Labute approximate surface area is 147 Å². The predicted molar refractivity (Wildman–Crippen MR) is 105 cm³/mol. The number of nitrogens with zero attached hydrogens (tertiary/aromatic N) is 1. The zero-order valence-electron chi connectivity index (χ0n) is 16.5.